The quantitative estimate of drug-likeness (QED) is 0.806. The van der Waals surface area contributed by atoms with Crippen LogP contribution in [0.25, 0.3) is 0 Å². The third kappa shape index (κ3) is 3.38. The van der Waals surface area contributed by atoms with Crippen molar-refractivity contribution in [3.63, 3.8) is 0 Å². The highest BCUT2D eigenvalue weighted by molar-refractivity contribution is 5.72. The van der Waals surface area contributed by atoms with Crippen LogP contribution in [-0.2, 0) is 9.53 Å². The van der Waals surface area contributed by atoms with E-state index in [2.05, 4.69) is 0 Å². The molecule has 1 fully saturated rings. The van der Waals surface area contributed by atoms with Crippen molar-refractivity contribution in [2.75, 3.05) is 7.11 Å². The van der Waals surface area contributed by atoms with Gasteiger partial charge in [0.05, 0.1) is 13.0 Å². The number of benzene rings is 1. The van der Waals surface area contributed by atoms with E-state index in [1.165, 1.54) is 7.11 Å². The van der Waals surface area contributed by atoms with E-state index < -0.39 is 0 Å². The summed E-state index contributed by atoms with van der Waals surface area (Å²) in [5, 5.41) is 0. The first kappa shape index (κ1) is 15.0. The Labute approximate surface area is 120 Å². The number of methoxy groups -OCH3 is 1. The van der Waals surface area contributed by atoms with Gasteiger partial charge in [0.25, 0.3) is 0 Å². The monoisotopic (exact) mass is 276 g/mol. The van der Waals surface area contributed by atoms with E-state index in [9.17, 15) is 4.79 Å². The lowest BCUT2D eigenvalue weighted by molar-refractivity contribution is -0.146. The number of carbonyl (C=O) groups excluding carboxylic acids is 1. The number of hydrogen-bond acceptors (Lipinski definition) is 4. The molecule has 0 saturated heterocycles. The Kier molecular flexibility index (Phi) is 5.15. The van der Waals surface area contributed by atoms with Crippen LogP contribution in [0, 0.1) is 11.8 Å². The van der Waals surface area contributed by atoms with Crippen molar-refractivity contribution in [1.29, 1.82) is 0 Å². The van der Waals surface area contributed by atoms with Crippen molar-refractivity contribution in [2.24, 2.45) is 23.3 Å². The Morgan fingerprint density at radius 2 is 2.00 bits per heavy atom. The van der Waals surface area contributed by atoms with Gasteiger partial charge in [-0.25, -0.2) is 0 Å². The first-order valence-corrected chi connectivity index (χ1v) is 7.27. The van der Waals surface area contributed by atoms with Gasteiger partial charge in [-0.15, -0.1) is 0 Å². The summed E-state index contributed by atoms with van der Waals surface area (Å²) in [6.45, 7) is 0. The lowest BCUT2D eigenvalue weighted by atomic mass is 9.86. The normalized spacial score (nSPS) is 25.1. The van der Waals surface area contributed by atoms with Crippen molar-refractivity contribution < 1.29 is 9.53 Å². The molecule has 0 bridgehead atoms. The molecule has 1 aromatic rings. The zero-order valence-corrected chi connectivity index (χ0v) is 12.0. The first-order valence-electron chi connectivity index (χ1n) is 7.27. The predicted molar refractivity (Wildman–Crippen MR) is 78.8 cm³/mol. The van der Waals surface area contributed by atoms with Gasteiger partial charge < -0.3 is 16.2 Å². The van der Waals surface area contributed by atoms with Gasteiger partial charge in [0.2, 0.25) is 0 Å². The van der Waals surface area contributed by atoms with Gasteiger partial charge in [-0.3, -0.25) is 4.79 Å². The van der Waals surface area contributed by atoms with E-state index in [1.54, 1.807) is 0 Å². The summed E-state index contributed by atoms with van der Waals surface area (Å²) < 4.78 is 4.88. The van der Waals surface area contributed by atoms with E-state index in [1.807, 2.05) is 30.3 Å². The molecule has 4 N–H and O–H groups in total. The summed E-state index contributed by atoms with van der Waals surface area (Å²) in [6, 6.07) is 9.58. The lowest BCUT2D eigenvalue weighted by Gasteiger charge is -2.25. The van der Waals surface area contributed by atoms with Crippen molar-refractivity contribution in [3.8, 4) is 0 Å². The average molecular weight is 276 g/mol. The average Bonchev–Trinajstić information content (AvgIpc) is 2.94. The minimum atomic E-state index is -0.185. The second-order valence-electron chi connectivity index (χ2n) is 5.66. The molecule has 110 valence electrons. The van der Waals surface area contributed by atoms with Gasteiger partial charge in [0, 0.05) is 12.1 Å². The number of hydrogen-bond donors (Lipinski definition) is 2. The minimum absolute atomic E-state index is 0.00553. The van der Waals surface area contributed by atoms with Crippen LogP contribution in [-0.4, -0.2) is 19.1 Å². The number of rotatable bonds is 5. The summed E-state index contributed by atoms with van der Waals surface area (Å²) in [6.07, 6.45) is 3.78. The Balaban J connectivity index is 1.97. The van der Waals surface area contributed by atoms with Crippen molar-refractivity contribution in [1.82, 2.24) is 0 Å². The highest BCUT2D eigenvalue weighted by Gasteiger charge is 2.35. The van der Waals surface area contributed by atoms with Gasteiger partial charge in [0.1, 0.15) is 0 Å². The molecular weight excluding hydrogens is 252 g/mol. The van der Waals surface area contributed by atoms with Crippen LogP contribution in [0.2, 0.25) is 0 Å². The summed E-state index contributed by atoms with van der Waals surface area (Å²) in [5.41, 5.74) is 13.5. The Morgan fingerprint density at radius 1 is 1.30 bits per heavy atom. The fourth-order valence-corrected chi connectivity index (χ4v) is 3.20. The molecular formula is C16H24N2O2. The van der Waals surface area contributed by atoms with Crippen LogP contribution >= 0.6 is 0 Å². The highest BCUT2D eigenvalue weighted by Crippen LogP contribution is 2.36. The number of nitrogens with two attached hydrogens (primary N) is 2. The zero-order chi connectivity index (χ0) is 14.5. The van der Waals surface area contributed by atoms with Crippen LogP contribution in [0.3, 0.4) is 0 Å². The molecule has 4 nitrogen and oxygen atoms in total. The van der Waals surface area contributed by atoms with Crippen molar-refractivity contribution >= 4 is 5.97 Å². The van der Waals surface area contributed by atoms with Gasteiger partial charge in [-0.2, -0.15) is 0 Å². The highest BCUT2D eigenvalue weighted by atomic mass is 16.5. The standard InChI is InChI=1S/C16H24N2O2/c1-20-16(19)13-9-5-8-12(13)10-14(17)15(18)11-6-3-2-4-7-11/h2-4,6-7,12-15H,5,8-10,17-18H2,1H3. The molecule has 1 aliphatic carbocycles. The maximum Gasteiger partial charge on any atom is 0.308 e. The fourth-order valence-electron chi connectivity index (χ4n) is 3.20. The third-order valence-electron chi connectivity index (χ3n) is 4.38. The van der Waals surface area contributed by atoms with Crippen LogP contribution in [0.5, 0.6) is 0 Å². The Bertz CT molecular complexity index is 435. The van der Waals surface area contributed by atoms with E-state index in [0.717, 1.165) is 31.2 Å². The van der Waals surface area contributed by atoms with Gasteiger partial charge in [0.15, 0.2) is 0 Å². The second-order valence-corrected chi connectivity index (χ2v) is 5.66. The van der Waals surface area contributed by atoms with Crippen molar-refractivity contribution in [2.45, 2.75) is 37.8 Å². The predicted octanol–water partition coefficient (Wildman–Crippen LogP) is 1.99. The van der Waals surface area contributed by atoms with Crippen molar-refractivity contribution in [3.05, 3.63) is 35.9 Å². The zero-order valence-electron chi connectivity index (χ0n) is 12.0. The molecule has 1 saturated carbocycles. The number of esters is 1. The largest absolute Gasteiger partial charge is 0.469 e. The second kappa shape index (κ2) is 6.86. The fraction of sp³-hybridized carbons (Fsp3) is 0.562. The van der Waals surface area contributed by atoms with Crippen LogP contribution in [0.1, 0.15) is 37.3 Å². The molecule has 0 aliphatic heterocycles. The van der Waals surface area contributed by atoms with Crippen LogP contribution < -0.4 is 11.5 Å². The molecule has 4 heteroatoms. The third-order valence-corrected chi connectivity index (χ3v) is 4.38. The lowest BCUT2D eigenvalue weighted by Crippen LogP contribution is -2.37. The maximum atomic E-state index is 11.8. The molecule has 0 spiro atoms. The Hall–Kier alpha value is -1.39. The van der Waals surface area contributed by atoms with E-state index in [4.69, 9.17) is 16.2 Å². The van der Waals surface area contributed by atoms with E-state index in [0.29, 0.717) is 5.92 Å². The number of carbonyl (C=O) groups is 1. The topological polar surface area (TPSA) is 78.3 Å². The van der Waals surface area contributed by atoms with Gasteiger partial charge in [-0.1, -0.05) is 36.8 Å². The molecule has 2 rings (SSSR count). The van der Waals surface area contributed by atoms with E-state index >= 15 is 0 Å². The minimum Gasteiger partial charge on any atom is -0.469 e. The molecule has 4 unspecified atom stereocenters. The van der Waals surface area contributed by atoms with Gasteiger partial charge in [-0.05, 0) is 30.7 Å². The summed E-state index contributed by atoms with van der Waals surface area (Å²) in [4.78, 5) is 11.8. The maximum absolute atomic E-state index is 11.8. The van der Waals surface area contributed by atoms with Crippen LogP contribution in [0.4, 0.5) is 0 Å². The molecule has 0 amide bonds. The first-order chi connectivity index (χ1) is 9.63. The number of ether oxygens (including phenoxy) is 1. The molecule has 0 heterocycles. The molecule has 0 radical (unpaired) electrons. The van der Waals surface area contributed by atoms with Gasteiger partial charge >= 0.3 is 5.97 Å². The smallest absolute Gasteiger partial charge is 0.308 e. The SMILES string of the molecule is COC(=O)C1CCCC1CC(N)C(N)c1ccccc1. The molecule has 20 heavy (non-hydrogen) atoms. The summed E-state index contributed by atoms with van der Waals surface area (Å²) >= 11 is 0. The molecule has 4 atom stereocenters. The van der Waals surface area contributed by atoms with E-state index in [-0.39, 0.29) is 24.0 Å². The summed E-state index contributed by atoms with van der Waals surface area (Å²) in [5.74, 6) is 0.189. The molecule has 0 aromatic heterocycles. The molecule has 1 aromatic carbocycles. The molecule has 1 aliphatic rings. The Morgan fingerprint density at radius 3 is 2.65 bits per heavy atom. The summed E-state index contributed by atoms with van der Waals surface area (Å²) in [7, 11) is 1.45. The van der Waals surface area contributed by atoms with Crippen LogP contribution in [0.15, 0.2) is 30.3 Å².